The molecule has 1 aliphatic rings. The summed E-state index contributed by atoms with van der Waals surface area (Å²) in [6.07, 6.45) is 1.19. The molecular formula is C12H14O3S. The number of sulfone groups is 1. The Morgan fingerprint density at radius 1 is 1.38 bits per heavy atom. The van der Waals surface area contributed by atoms with Crippen LogP contribution in [0.25, 0.3) is 6.08 Å². The zero-order valence-electron chi connectivity index (χ0n) is 9.27. The van der Waals surface area contributed by atoms with E-state index in [1.54, 1.807) is 25.1 Å². The van der Waals surface area contributed by atoms with Crippen molar-refractivity contribution >= 4 is 15.9 Å². The summed E-state index contributed by atoms with van der Waals surface area (Å²) in [5, 5.41) is 9.27. The van der Waals surface area contributed by atoms with E-state index < -0.39 is 15.9 Å². The summed E-state index contributed by atoms with van der Waals surface area (Å²) in [6.45, 7) is 3.51. The first-order valence-electron chi connectivity index (χ1n) is 5.15. The van der Waals surface area contributed by atoms with E-state index in [4.69, 9.17) is 0 Å². The van der Waals surface area contributed by atoms with Gasteiger partial charge < -0.3 is 5.11 Å². The lowest BCUT2D eigenvalue weighted by Gasteiger charge is -2.05. The van der Waals surface area contributed by atoms with E-state index in [1.165, 1.54) is 0 Å². The smallest absolute Gasteiger partial charge is 0.203 e. The Balaban J connectivity index is 2.52. The van der Waals surface area contributed by atoms with Crippen molar-refractivity contribution < 1.29 is 13.5 Å². The van der Waals surface area contributed by atoms with E-state index in [0.29, 0.717) is 9.80 Å². The fraction of sp³-hybridized carbons (Fsp3) is 0.333. The minimum absolute atomic E-state index is 0.177. The topological polar surface area (TPSA) is 54.4 Å². The summed E-state index contributed by atoms with van der Waals surface area (Å²) < 4.78 is 24.1. The molecule has 0 aromatic heterocycles. The SMILES string of the molecule is Cc1ccc2c(c1)C=C(CC(C)O)S2(=O)=O. The number of aliphatic hydroxyl groups excluding tert-OH is 1. The third kappa shape index (κ3) is 1.79. The summed E-state index contributed by atoms with van der Waals surface area (Å²) >= 11 is 0. The minimum atomic E-state index is -3.36. The molecule has 1 atom stereocenters. The Kier molecular flexibility index (Phi) is 2.64. The quantitative estimate of drug-likeness (QED) is 0.856. The van der Waals surface area contributed by atoms with Gasteiger partial charge in [-0.25, -0.2) is 8.42 Å². The largest absolute Gasteiger partial charge is 0.393 e. The van der Waals surface area contributed by atoms with Crippen molar-refractivity contribution in [3.05, 3.63) is 34.2 Å². The highest BCUT2D eigenvalue weighted by Crippen LogP contribution is 2.35. The van der Waals surface area contributed by atoms with Gasteiger partial charge in [0.15, 0.2) is 0 Å². The van der Waals surface area contributed by atoms with Gasteiger partial charge in [-0.15, -0.1) is 0 Å². The van der Waals surface area contributed by atoms with Crippen LogP contribution in [0, 0.1) is 6.92 Å². The van der Waals surface area contributed by atoms with Gasteiger partial charge in [-0.2, -0.15) is 0 Å². The van der Waals surface area contributed by atoms with Gasteiger partial charge in [0.2, 0.25) is 9.84 Å². The van der Waals surface area contributed by atoms with Crippen molar-refractivity contribution in [1.29, 1.82) is 0 Å². The highest BCUT2D eigenvalue weighted by atomic mass is 32.2. The Bertz CT molecular complexity index is 554. The van der Waals surface area contributed by atoms with Gasteiger partial charge in [0.1, 0.15) is 0 Å². The first kappa shape index (κ1) is 11.4. The summed E-state index contributed by atoms with van der Waals surface area (Å²) in [4.78, 5) is 0.664. The molecule has 0 amide bonds. The Morgan fingerprint density at radius 2 is 2.06 bits per heavy atom. The fourth-order valence-corrected chi connectivity index (χ4v) is 3.58. The van der Waals surface area contributed by atoms with Crippen LogP contribution in [0.2, 0.25) is 0 Å². The van der Waals surface area contributed by atoms with Crippen molar-refractivity contribution in [3.8, 4) is 0 Å². The lowest BCUT2D eigenvalue weighted by Crippen LogP contribution is -2.07. The van der Waals surface area contributed by atoms with E-state index in [0.717, 1.165) is 11.1 Å². The Hall–Kier alpha value is -1.13. The lowest BCUT2D eigenvalue weighted by molar-refractivity contribution is 0.197. The molecule has 1 unspecified atom stereocenters. The molecule has 16 heavy (non-hydrogen) atoms. The normalized spacial score (nSPS) is 19.1. The second-order valence-corrected chi connectivity index (χ2v) is 6.18. The highest BCUT2D eigenvalue weighted by molar-refractivity contribution is 7.95. The van der Waals surface area contributed by atoms with Crippen LogP contribution in [0.1, 0.15) is 24.5 Å². The monoisotopic (exact) mass is 238 g/mol. The molecule has 1 aromatic carbocycles. The van der Waals surface area contributed by atoms with Crippen molar-refractivity contribution in [2.24, 2.45) is 0 Å². The predicted octanol–water partition coefficient (Wildman–Crippen LogP) is 1.89. The maximum absolute atomic E-state index is 12.1. The fourth-order valence-electron chi connectivity index (χ4n) is 1.88. The number of benzene rings is 1. The second kappa shape index (κ2) is 3.71. The highest BCUT2D eigenvalue weighted by Gasteiger charge is 2.29. The summed E-state index contributed by atoms with van der Waals surface area (Å²) in [5.74, 6) is 0. The number of aliphatic hydroxyl groups is 1. The van der Waals surface area contributed by atoms with Crippen LogP contribution in [-0.4, -0.2) is 19.6 Å². The van der Waals surface area contributed by atoms with Gasteiger partial charge in [-0.1, -0.05) is 17.7 Å². The molecule has 86 valence electrons. The van der Waals surface area contributed by atoms with Crippen LogP contribution >= 0.6 is 0 Å². The molecule has 3 nitrogen and oxygen atoms in total. The van der Waals surface area contributed by atoms with E-state index >= 15 is 0 Å². The maximum atomic E-state index is 12.1. The molecule has 2 rings (SSSR count). The van der Waals surface area contributed by atoms with Crippen LogP contribution in [-0.2, 0) is 9.84 Å². The molecule has 0 radical (unpaired) electrons. The first-order valence-corrected chi connectivity index (χ1v) is 6.64. The van der Waals surface area contributed by atoms with Crippen molar-refractivity contribution in [3.63, 3.8) is 0 Å². The number of hydrogen-bond donors (Lipinski definition) is 1. The van der Waals surface area contributed by atoms with Gasteiger partial charge in [-0.05, 0) is 31.6 Å². The van der Waals surface area contributed by atoms with Crippen LogP contribution in [0.15, 0.2) is 28.0 Å². The van der Waals surface area contributed by atoms with Crippen molar-refractivity contribution in [2.45, 2.75) is 31.3 Å². The molecule has 0 bridgehead atoms. The Labute approximate surface area is 95.3 Å². The summed E-state index contributed by atoms with van der Waals surface area (Å²) in [7, 11) is -3.36. The van der Waals surface area contributed by atoms with E-state index in [1.807, 2.05) is 13.0 Å². The summed E-state index contributed by atoms with van der Waals surface area (Å²) in [6, 6.07) is 5.27. The van der Waals surface area contributed by atoms with Crippen molar-refractivity contribution in [2.75, 3.05) is 0 Å². The van der Waals surface area contributed by atoms with Gasteiger partial charge >= 0.3 is 0 Å². The molecule has 1 aliphatic heterocycles. The molecule has 0 aliphatic carbocycles. The van der Waals surface area contributed by atoms with Gasteiger partial charge in [0.25, 0.3) is 0 Å². The average Bonchev–Trinajstić information content (AvgIpc) is 2.37. The number of hydrogen-bond acceptors (Lipinski definition) is 3. The van der Waals surface area contributed by atoms with Crippen LogP contribution in [0.5, 0.6) is 0 Å². The lowest BCUT2D eigenvalue weighted by atomic mass is 10.1. The first-order chi connectivity index (χ1) is 7.41. The molecule has 1 N–H and O–H groups in total. The Morgan fingerprint density at radius 3 is 2.69 bits per heavy atom. The number of rotatable bonds is 2. The standard InChI is InChI=1S/C12H14O3S/c1-8-3-4-12-10(5-8)7-11(6-9(2)13)16(12,14)15/h3-5,7,9,13H,6H2,1-2H3. The minimum Gasteiger partial charge on any atom is -0.393 e. The van der Waals surface area contributed by atoms with E-state index in [2.05, 4.69) is 0 Å². The summed E-state index contributed by atoms with van der Waals surface area (Å²) in [5.41, 5.74) is 1.76. The number of fused-ring (bicyclic) bond motifs is 1. The predicted molar refractivity (Wildman–Crippen MR) is 62.6 cm³/mol. The molecular weight excluding hydrogens is 224 g/mol. The molecule has 1 aromatic rings. The molecule has 0 fully saturated rings. The average molecular weight is 238 g/mol. The maximum Gasteiger partial charge on any atom is 0.203 e. The molecule has 1 heterocycles. The van der Waals surface area contributed by atoms with Crippen LogP contribution < -0.4 is 0 Å². The zero-order valence-corrected chi connectivity index (χ0v) is 10.1. The number of aryl methyl sites for hydroxylation is 1. The van der Waals surface area contributed by atoms with Gasteiger partial charge in [-0.3, -0.25) is 0 Å². The van der Waals surface area contributed by atoms with Crippen molar-refractivity contribution in [1.82, 2.24) is 0 Å². The second-order valence-electron chi connectivity index (χ2n) is 4.21. The third-order valence-corrected chi connectivity index (χ3v) is 4.54. The third-order valence-electron chi connectivity index (χ3n) is 2.61. The molecule has 4 heteroatoms. The van der Waals surface area contributed by atoms with Crippen LogP contribution in [0.4, 0.5) is 0 Å². The molecule has 0 spiro atoms. The van der Waals surface area contributed by atoms with Gasteiger partial charge in [0.05, 0.1) is 15.9 Å². The van der Waals surface area contributed by atoms with E-state index in [-0.39, 0.29) is 6.42 Å². The van der Waals surface area contributed by atoms with Gasteiger partial charge in [0, 0.05) is 6.42 Å². The molecule has 0 saturated carbocycles. The van der Waals surface area contributed by atoms with Crippen LogP contribution in [0.3, 0.4) is 0 Å². The van der Waals surface area contributed by atoms with E-state index in [9.17, 15) is 13.5 Å². The zero-order chi connectivity index (χ0) is 11.9. The molecule has 0 saturated heterocycles.